The molecule has 2 rings (SSSR count). The SMILES string of the molecule is CCO[C@@H](Cc1ccc(OCC=CC#Cc2cc(OC)cc(OC)c2)c(I)c1)C(=O)O. The van der Waals surface area contributed by atoms with Crippen LogP contribution < -0.4 is 14.2 Å². The summed E-state index contributed by atoms with van der Waals surface area (Å²) in [5, 5.41) is 9.22. The highest BCUT2D eigenvalue weighted by atomic mass is 127. The number of carbonyl (C=O) groups is 1. The molecule has 0 saturated carbocycles. The monoisotopic (exact) mass is 536 g/mol. The van der Waals surface area contributed by atoms with E-state index < -0.39 is 12.1 Å². The van der Waals surface area contributed by atoms with E-state index >= 15 is 0 Å². The summed E-state index contributed by atoms with van der Waals surface area (Å²) < 4.78 is 22.4. The molecule has 0 radical (unpaired) electrons. The van der Waals surface area contributed by atoms with E-state index in [9.17, 15) is 9.90 Å². The molecule has 0 fully saturated rings. The van der Waals surface area contributed by atoms with E-state index in [1.165, 1.54) is 0 Å². The molecule has 7 heteroatoms. The number of halogens is 1. The van der Waals surface area contributed by atoms with Crippen LogP contribution in [-0.2, 0) is 16.0 Å². The Morgan fingerprint density at radius 2 is 1.87 bits per heavy atom. The fraction of sp³-hybridized carbons (Fsp3) is 0.292. The zero-order valence-electron chi connectivity index (χ0n) is 17.7. The third-order valence-electron chi connectivity index (χ3n) is 4.16. The van der Waals surface area contributed by atoms with Crippen LogP contribution in [0, 0.1) is 15.4 Å². The molecule has 0 aliphatic heterocycles. The average Bonchev–Trinajstić information content (AvgIpc) is 2.76. The highest BCUT2D eigenvalue weighted by Crippen LogP contribution is 2.23. The van der Waals surface area contributed by atoms with Gasteiger partial charge >= 0.3 is 5.97 Å². The minimum atomic E-state index is -0.962. The number of carboxylic acid groups (broad SMARTS) is 1. The summed E-state index contributed by atoms with van der Waals surface area (Å²) in [7, 11) is 3.20. The Morgan fingerprint density at radius 1 is 1.16 bits per heavy atom. The van der Waals surface area contributed by atoms with Crippen molar-refractivity contribution < 1.29 is 28.8 Å². The summed E-state index contributed by atoms with van der Waals surface area (Å²) in [5.74, 6) is 7.13. The van der Waals surface area contributed by atoms with Gasteiger partial charge in [-0.15, -0.1) is 0 Å². The van der Waals surface area contributed by atoms with Crippen LogP contribution in [0.4, 0.5) is 0 Å². The molecule has 0 spiro atoms. The fourth-order valence-corrected chi connectivity index (χ4v) is 3.41. The Kier molecular flexibility index (Phi) is 10.2. The molecule has 0 unspecified atom stereocenters. The molecule has 0 aromatic heterocycles. The van der Waals surface area contributed by atoms with Gasteiger partial charge in [-0.1, -0.05) is 17.9 Å². The summed E-state index contributed by atoms with van der Waals surface area (Å²) >= 11 is 2.17. The molecular formula is C24H25IO6. The van der Waals surface area contributed by atoms with Gasteiger partial charge in [0.05, 0.1) is 17.8 Å². The van der Waals surface area contributed by atoms with Crippen molar-refractivity contribution in [2.75, 3.05) is 27.4 Å². The fourth-order valence-electron chi connectivity index (χ4n) is 2.67. The van der Waals surface area contributed by atoms with Crippen molar-refractivity contribution in [1.82, 2.24) is 0 Å². The molecule has 1 N–H and O–H groups in total. The molecule has 0 aliphatic carbocycles. The lowest BCUT2D eigenvalue weighted by Gasteiger charge is -2.13. The molecule has 164 valence electrons. The Balaban J connectivity index is 1.92. The molecular weight excluding hydrogens is 511 g/mol. The molecule has 0 saturated heterocycles. The van der Waals surface area contributed by atoms with Gasteiger partial charge in [-0.25, -0.2) is 4.79 Å². The average molecular weight is 536 g/mol. The Bertz CT molecular complexity index is 952. The van der Waals surface area contributed by atoms with Crippen molar-refractivity contribution in [3.8, 4) is 29.1 Å². The van der Waals surface area contributed by atoms with Gasteiger partial charge in [0.25, 0.3) is 0 Å². The van der Waals surface area contributed by atoms with Crippen molar-refractivity contribution in [3.63, 3.8) is 0 Å². The molecule has 0 heterocycles. The third kappa shape index (κ3) is 8.15. The normalized spacial score (nSPS) is 11.5. The zero-order valence-corrected chi connectivity index (χ0v) is 19.8. The zero-order chi connectivity index (χ0) is 22.6. The summed E-state index contributed by atoms with van der Waals surface area (Å²) in [6, 6.07) is 11.1. The number of hydrogen-bond acceptors (Lipinski definition) is 5. The van der Waals surface area contributed by atoms with E-state index in [0.717, 1.165) is 20.4 Å². The number of methoxy groups -OCH3 is 2. The van der Waals surface area contributed by atoms with Gasteiger partial charge in [0.15, 0.2) is 6.10 Å². The first-order chi connectivity index (χ1) is 15.0. The highest BCUT2D eigenvalue weighted by Gasteiger charge is 2.18. The predicted octanol–water partition coefficient (Wildman–Crippen LogP) is 4.33. The quantitative estimate of drug-likeness (QED) is 0.360. The van der Waals surface area contributed by atoms with Crippen molar-refractivity contribution in [3.05, 3.63) is 63.2 Å². The first-order valence-corrected chi connectivity index (χ1v) is 10.7. The molecule has 1 atom stereocenters. The number of ether oxygens (including phenoxy) is 4. The van der Waals surface area contributed by atoms with Crippen LogP contribution in [0.25, 0.3) is 0 Å². The predicted molar refractivity (Wildman–Crippen MR) is 127 cm³/mol. The van der Waals surface area contributed by atoms with Gasteiger partial charge in [0, 0.05) is 24.7 Å². The second kappa shape index (κ2) is 12.9. The Labute approximate surface area is 196 Å². The first-order valence-electron chi connectivity index (χ1n) is 9.62. The van der Waals surface area contributed by atoms with Crippen LogP contribution in [0.3, 0.4) is 0 Å². The molecule has 2 aromatic carbocycles. The molecule has 31 heavy (non-hydrogen) atoms. The summed E-state index contributed by atoms with van der Waals surface area (Å²) in [6.45, 7) is 2.50. The number of rotatable bonds is 10. The van der Waals surface area contributed by atoms with Gasteiger partial charge in [-0.05, 0) is 71.5 Å². The van der Waals surface area contributed by atoms with Crippen molar-refractivity contribution in [2.45, 2.75) is 19.4 Å². The molecule has 0 amide bonds. The third-order valence-corrected chi connectivity index (χ3v) is 5.01. The number of benzene rings is 2. The molecule has 6 nitrogen and oxygen atoms in total. The topological polar surface area (TPSA) is 74.2 Å². The molecule has 2 aromatic rings. The van der Waals surface area contributed by atoms with Gasteiger partial charge in [-0.2, -0.15) is 0 Å². The summed E-state index contributed by atoms with van der Waals surface area (Å²) in [4.78, 5) is 11.2. The van der Waals surface area contributed by atoms with Crippen LogP contribution in [-0.4, -0.2) is 44.6 Å². The smallest absolute Gasteiger partial charge is 0.333 e. The minimum absolute atomic E-state index is 0.310. The first kappa shape index (κ1) is 24.6. The Morgan fingerprint density at radius 3 is 2.45 bits per heavy atom. The van der Waals surface area contributed by atoms with Crippen molar-refractivity contribution in [2.24, 2.45) is 0 Å². The minimum Gasteiger partial charge on any atom is -0.497 e. The highest BCUT2D eigenvalue weighted by molar-refractivity contribution is 14.1. The van der Waals surface area contributed by atoms with E-state index in [2.05, 4.69) is 34.4 Å². The van der Waals surface area contributed by atoms with E-state index in [1.807, 2.05) is 36.4 Å². The van der Waals surface area contributed by atoms with Gasteiger partial charge < -0.3 is 24.1 Å². The maximum absolute atomic E-state index is 11.2. The number of hydrogen-bond donors (Lipinski definition) is 1. The largest absolute Gasteiger partial charge is 0.497 e. The van der Waals surface area contributed by atoms with Crippen molar-refractivity contribution >= 4 is 28.6 Å². The molecule has 0 bridgehead atoms. The second-order valence-electron chi connectivity index (χ2n) is 6.34. The summed E-state index contributed by atoms with van der Waals surface area (Å²) in [6.07, 6.45) is 3.01. The van der Waals surface area contributed by atoms with Crippen LogP contribution in [0.1, 0.15) is 18.1 Å². The maximum atomic E-state index is 11.2. The Hall–Kier alpha value is -2.70. The number of aliphatic carboxylic acids is 1. The van der Waals surface area contributed by atoms with E-state index in [-0.39, 0.29) is 0 Å². The van der Waals surface area contributed by atoms with Crippen LogP contribution in [0.15, 0.2) is 48.6 Å². The van der Waals surface area contributed by atoms with E-state index in [0.29, 0.717) is 31.1 Å². The second-order valence-corrected chi connectivity index (χ2v) is 7.50. The lowest BCUT2D eigenvalue weighted by Crippen LogP contribution is -2.26. The number of allylic oxidation sites excluding steroid dienone is 1. The van der Waals surface area contributed by atoms with Crippen LogP contribution in [0.2, 0.25) is 0 Å². The van der Waals surface area contributed by atoms with E-state index in [4.69, 9.17) is 18.9 Å². The standard InChI is InChI=1S/C24H25IO6/c1-4-30-23(24(26)27)15-18-9-10-22(21(25)14-18)31-11-7-5-6-8-17-12-19(28-2)16-20(13-17)29-3/h5,7,9-10,12-14,16,23H,4,11,15H2,1-3H3,(H,26,27)/t23-/m0/s1. The van der Waals surface area contributed by atoms with E-state index in [1.54, 1.807) is 33.3 Å². The molecule has 0 aliphatic rings. The van der Waals surface area contributed by atoms with Gasteiger partial charge in [0.2, 0.25) is 0 Å². The maximum Gasteiger partial charge on any atom is 0.333 e. The van der Waals surface area contributed by atoms with Gasteiger partial charge in [0.1, 0.15) is 23.9 Å². The van der Waals surface area contributed by atoms with Gasteiger partial charge in [-0.3, -0.25) is 0 Å². The van der Waals surface area contributed by atoms with Crippen LogP contribution in [0.5, 0.6) is 17.2 Å². The lowest BCUT2D eigenvalue weighted by atomic mass is 10.1. The number of carboxylic acids is 1. The van der Waals surface area contributed by atoms with Crippen LogP contribution >= 0.6 is 22.6 Å². The summed E-state index contributed by atoms with van der Waals surface area (Å²) in [5.41, 5.74) is 1.67. The lowest BCUT2D eigenvalue weighted by molar-refractivity contribution is -0.149. The van der Waals surface area contributed by atoms with Crippen molar-refractivity contribution in [1.29, 1.82) is 0 Å².